The summed E-state index contributed by atoms with van der Waals surface area (Å²) in [6.45, 7) is 0.860. The summed E-state index contributed by atoms with van der Waals surface area (Å²) in [6.07, 6.45) is 4.16. The number of amides is 1. The lowest BCUT2D eigenvalue weighted by Gasteiger charge is -2.26. The molecule has 1 amide bonds. The number of rotatable bonds is 5. The first-order valence-electron chi connectivity index (χ1n) is 7.23. The molecule has 1 aliphatic carbocycles. The topological polar surface area (TPSA) is 105 Å². The minimum absolute atomic E-state index is 0.236. The molecule has 2 rings (SSSR count). The third-order valence-electron chi connectivity index (χ3n) is 3.70. The van der Waals surface area contributed by atoms with Crippen LogP contribution in [0.2, 0.25) is 0 Å². The number of benzene rings is 1. The van der Waals surface area contributed by atoms with E-state index in [-0.39, 0.29) is 23.5 Å². The summed E-state index contributed by atoms with van der Waals surface area (Å²) in [5.41, 5.74) is 6.13. The largest absolute Gasteiger partial charge is 0.504 e. The molecule has 0 heterocycles. The van der Waals surface area contributed by atoms with Gasteiger partial charge in [-0.1, -0.05) is 0 Å². The zero-order valence-electron chi connectivity index (χ0n) is 11.9. The van der Waals surface area contributed by atoms with Crippen molar-refractivity contribution in [2.45, 2.75) is 37.8 Å². The molecule has 116 valence electrons. The Bertz CT molecular complexity index is 485. The Morgan fingerprint density at radius 3 is 2.62 bits per heavy atom. The summed E-state index contributed by atoms with van der Waals surface area (Å²) in [4.78, 5) is 11.8. The first-order chi connectivity index (χ1) is 10.1. The highest BCUT2D eigenvalue weighted by Crippen LogP contribution is 2.24. The second kappa shape index (κ2) is 7.28. The Balaban J connectivity index is 1.68. The van der Waals surface area contributed by atoms with E-state index < -0.39 is 0 Å². The zero-order chi connectivity index (χ0) is 15.2. The molecule has 0 saturated heterocycles. The number of hydrogen-bond acceptors (Lipinski definition) is 5. The molecule has 6 nitrogen and oxygen atoms in total. The third kappa shape index (κ3) is 4.61. The van der Waals surface area contributed by atoms with Gasteiger partial charge in [0.2, 0.25) is 0 Å². The number of ether oxygens (including phenoxy) is 1. The van der Waals surface area contributed by atoms with Gasteiger partial charge < -0.3 is 26.0 Å². The van der Waals surface area contributed by atoms with Gasteiger partial charge in [-0.05, 0) is 43.9 Å². The molecule has 0 atom stereocenters. The van der Waals surface area contributed by atoms with E-state index >= 15 is 0 Å². The molecule has 5 N–H and O–H groups in total. The molecule has 1 aliphatic rings. The van der Waals surface area contributed by atoms with Gasteiger partial charge in [-0.2, -0.15) is 0 Å². The van der Waals surface area contributed by atoms with Crippen LogP contribution >= 0.6 is 0 Å². The minimum Gasteiger partial charge on any atom is -0.504 e. The average Bonchev–Trinajstić information content (AvgIpc) is 2.48. The molecule has 1 fully saturated rings. The van der Waals surface area contributed by atoms with Gasteiger partial charge in [-0.25, -0.2) is 0 Å². The van der Waals surface area contributed by atoms with Gasteiger partial charge in [-0.15, -0.1) is 0 Å². The van der Waals surface area contributed by atoms with Gasteiger partial charge in [0.05, 0.1) is 12.7 Å². The lowest BCUT2D eigenvalue weighted by Crippen LogP contribution is -2.33. The quantitative estimate of drug-likeness (QED) is 0.481. The van der Waals surface area contributed by atoms with E-state index in [9.17, 15) is 15.0 Å². The number of carbonyl (C=O) groups excluding carboxylic acids is 1. The highest BCUT2D eigenvalue weighted by molar-refractivity contribution is 5.94. The Labute approximate surface area is 123 Å². The van der Waals surface area contributed by atoms with Crippen LogP contribution in [0.4, 0.5) is 0 Å². The number of nitrogens with two attached hydrogens (primary N) is 1. The summed E-state index contributed by atoms with van der Waals surface area (Å²) >= 11 is 0. The molecule has 0 aliphatic heterocycles. The van der Waals surface area contributed by atoms with Crippen molar-refractivity contribution in [1.29, 1.82) is 0 Å². The van der Waals surface area contributed by atoms with Crippen LogP contribution in [0, 0.1) is 0 Å². The lowest BCUT2D eigenvalue weighted by atomic mass is 9.94. The fraction of sp³-hybridized carbons (Fsp3) is 0.533. The van der Waals surface area contributed by atoms with Crippen LogP contribution in [-0.2, 0) is 4.74 Å². The average molecular weight is 294 g/mol. The van der Waals surface area contributed by atoms with E-state index in [0.29, 0.717) is 24.8 Å². The van der Waals surface area contributed by atoms with E-state index in [2.05, 4.69) is 5.32 Å². The molecule has 21 heavy (non-hydrogen) atoms. The van der Waals surface area contributed by atoms with Crippen molar-refractivity contribution in [1.82, 2.24) is 5.32 Å². The molecule has 0 unspecified atom stereocenters. The summed E-state index contributed by atoms with van der Waals surface area (Å²) in [5, 5.41) is 21.3. The fourth-order valence-corrected chi connectivity index (χ4v) is 2.41. The molecule has 6 heteroatoms. The van der Waals surface area contributed by atoms with Gasteiger partial charge in [-0.3, -0.25) is 4.79 Å². The van der Waals surface area contributed by atoms with Crippen LogP contribution in [0.5, 0.6) is 11.5 Å². The molecule has 0 aromatic heterocycles. The molecule has 1 aromatic carbocycles. The SMILES string of the molecule is NC1CCC(OCCNC(=O)c2ccc(O)c(O)c2)CC1. The molecule has 0 bridgehead atoms. The molecule has 1 saturated carbocycles. The smallest absolute Gasteiger partial charge is 0.251 e. The Kier molecular flexibility index (Phi) is 5.41. The number of aromatic hydroxyl groups is 2. The van der Waals surface area contributed by atoms with E-state index in [0.717, 1.165) is 25.7 Å². The molecular formula is C15H22N2O4. The highest BCUT2D eigenvalue weighted by atomic mass is 16.5. The van der Waals surface area contributed by atoms with Crippen LogP contribution in [0.25, 0.3) is 0 Å². The van der Waals surface area contributed by atoms with E-state index in [1.165, 1.54) is 18.2 Å². The number of nitrogens with one attached hydrogen (secondary N) is 1. The number of hydrogen-bond donors (Lipinski definition) is 4. The van der Waals surface area contributed by atoms with Gasteiger partial charge in [0, 0.05) is 18.2 Å². The van der Waals surface area contributed by atoms with Crippen molar-refractivity contribution >= 4 is 5.91 Å². The zero-order valence-corrected chi connectivity index (χ0v) is 11.9. The molecule has 0 radical (unpaired) electrons. The Morgan fingerprint density at radius 1 is 1.24 bits per heavy atom. The monoisotopic (exact) mass is 294 g/mol. The van der Waals surface area contributed by atoms with Crippen molar-refractivity contribution in [3.63, 3.8) is 0 Å². The number of phenols is 2. The second-order valence-electron chi connectivity index (χ2n) is 5.37. The van der Waals surface area contributed by atoms with Crippen LogP contribution < -0.4 is 11.1 Å². The molecule has 0 spiro atoms. The van der Waals surface area contributed by atoms with E-state index in [4.69, 9.17) is 10.5 Å². The van der Waals surface area contributed by atoms with Crippen LogP contribution in [0.3, 0.4) is 0 Å². The van der Waals surface area contributed by atoms with Gasteiger partial charge in [0.1, 0.15) is 0 Å². The maximum atomic E-state index is 11.8. The van der Waals surface area contributed by atoms with E-state index in [1.54, 1.807) is 0 Å². The predicted octanol–water partition coefficient (Wildman–Crippen LogP) is 1.11. The maximum absolute atomic E-state index is 11.8. The van der Waals surface area contributed by atoms with Crippen LogP contribution in [0.1, 0.15) is 36.0 Å². The minimum atomic E-state index is -0.308. The van der Waals surface area contributed by atoms with Crippen LogP contribution in [-0.4, -0.2) is 41.4 Å². The van der Waals surface area contributed by atoms with Gasteiger partial charge >= 0.3 is 0 Å². The van der Waals surface area contributed by atoms with Crippen molar-refractivity contribution < 1.29 is 19.7 Å². The summed E-state index contributed by atoms with van der Waals surface area (Å²) < 4.78 is 5.70. The maximum Gasteiger partial charge on any atom is 0.251 e. The second-order valence-corrected chi connectivity index (χ2v) is 5.37. The van der Waals surface area contributed by atoms with Crippen LogP contribution in [0.15, 0.2) is 18.2 Å². The fourth-order valence-electron chi connectivity index (χ4n) is 2.41. The summed E-state index contributed by atoms with van der Waals surface area (Å²) in [6, 6.07) is 4.26. The summed E-state index contributed by atoms with van der Waals surface area (Å²) in [5.74, 6) is -0.859. The Morgan fingerprint density at radius 2 is 1.95 bits per heavy atom. The van der Waals surface area contributed by atoms with Crippen molar-refractivity contribution in [3.8, 4) is 11.5 Å². The van der Waals surface area contributed by atoms with Crippen molar-refractivity contribution in [2.75, 3.05) is 13.2 Å². The predicted molar refractivity (Wildman–Crippen MR) is 78.3 cm³/mol. The first kappa shape index (κ1) is 15.6. The lowest BCUT2D eigenvalue weighted by molar-refractivity contribution is 0.0267. The Hall–Kier alpha value is -1.79. The molecule has 1 aromatic rings. The van der Waals surface area contributed by atoms with Gasteiger partial charge in [0.25, 0.3) is 5.91 Å². The normalized spacial score (nSPS) is 22.0. The summed E-state index contributed by atoms with van der Waals surface area (Å²) in [7, 11) is 0. The number of carbonyl (C=O) groups is 1. The first-order valence-corrected chi connectivity index (χ1v) is 7.23. The van der Waals surface area contributed by atoms with Gasteiger partial charge in [0.15, 0.2) is 11.5 Å². The standard InChI is InChI=1S/C15H22N2O4/c16-11-2-4-12(5-3-11)21-8-7-17-15(20)10-1-6-13(18)14(19)9-10/h1,6,9,11-12,18-19H,2-5,7-8,16H2,(H,17,20). The van der Waals surface area contributed by atoms with E-state index in [1.807, 2.05) is 0 Å². The molecular weight excluding hydrogens is 272 g/mol. The van der Waals surface area contributed by atoms with Crippen molar-refractivity contribution in [2.24, 2.45) is 5.73 Å². The van der Waals surface area contributed by atoms with Crippen molar-refractivity contribution in [3.05, 3.63) is 23.8 Å². The number of phenolic OH excluding ortho intramolecular Hbond substituents is 2. The highest BCUT2D eigenvalue weighted by Gasteiger charge is 2.18. The third-order valence-corrected chi connectivity index (χ3v) is 3.70.